The van der Waals surface area contributed by atoms with Crippen LogP contribution in [-0.2, 0) is 14.8 Å². The predicted molar refractivity (Wildman–Crippen MR) is 73.7 cm³/mol. The van der Waals surface area contributed by atoms with Crippen molar-refractivity contribution in [2.75, 3.05) is 19.6 Å². The lowest BCUT2D eigenvalue weighted by molar-refractivity contribution is 0.181. The van der Waals surface area contributed by atoms with Crippen LogP contribution in [0.5, 0.6) is 0 Å². The highest BCUT2D eigenvalue weighted by molar-refractivity contribution is 9.11. The minimum absolute atomic E-state index is 0.132. The summed E-state index contributed by atoms with van der Waals surface area (Å²) in [5.41, 5.74) is 0. The molecule has 0 fully saturated rings. The first kappa shape index (κ1) is 15.7. The molecule has 98 valence electrons. The van der Waals surface area contributed by atoms with Gasteiger partial charge in [-0.3, -0.25) is 0 Å². The summed E-state index contributed by atoms with van der Waals surface area (Å²) in [5.74, 6) is 0.132. The molecule has 0 aromatic carbocycles. The molecule has 17 heavy (non-hydrogen) atoms. The second-order valence-electron chi connectivity index (χ2n) is 3.11. The lowest BCUT2D eigenvalue weighted by Crippen LogP contribution is -2.38. The fraction of sp³-hybridized carbons (Fsp3) is 0.500. The maximum absolute atomic E-state index is 11.9. The summed E-state index contributed by atoms with van der Waals surface area (Å²) in [6, 6.07) is 0.919. The van der Waals surface area contributed by atoms with Gasteiger partial charge in [0, 0.05) is 13.0 Å². The summed E-state index contributed by atoms with van der Waals surface area (Å²) >= 11 is 15.6. The third-order valence-corrected chi connectivity index (χ3v) is 6.60. The van der Waals surface area contributed by atoms with Gasteiger partial charge in [-0.05, 0) is 22.0 Å². The Morgan fingerprint density at radius 1 is 1.65 bits per heavy atom. The molecule has 0 aliphatic rings. The van der Waals surface area contributed by atoms with Crippen molar-refractivity contribution in [1.29, 1.82) is 0 Å². The Balaban J connectivity index is 2.88. The largest absolute Gasteiger partial charge is 0.383 e. The Bertz CT molecular complexity index is 458. The van der Waals surface area contributed by atoms with Crippen LogP contribution in [0.25, 0.3) is 0 Å². The maximum Gasteiger partial charge on any atom is 0.250 e. The average molecular weight is 383 g/mol. The molecule has 1 unspecified atom stereocenters. The number of thiophene rings is 1. The fourth-order valence-electron chi connectivity index (χ4n) is 1.05. The van der Waals surface area contributed by atoms with E-state index in [1.165, 1.54) is 13.2 Å². The summed E-state index contributed by atoms with van der Waals surface area (Å²) < 4.78 is 31.9. The standard InChI is InChI=1S/C8H10BrCl2NO3S2/c1-15-4-5(3-10)12-17(13,14)7-2-6(11)8(9)16-7/h2,5,12H,3-4H2,1H3. The van der Waals surface area contributed by atoms with Crippen molar-refractivity contribution in [3.8, 4) is 0 Å². The van der Waals surface area contributed by atoms with Crippen molar-refractivity contribution in [3.63, 3.8) is 0 Å². The van der Waals surface area contributed by atoms with Crippen LogP contribution in [0, 0.1) is 0 Å². The molecular weight excluding hydrogens is 373 g/mol. The molecule has 0 saturated carbocycles. The topological polar surface area (TPSA) is 55.4 Å². The van der Waals surface area contributed by atoms with Gasteiger partial charge in [0.1, 0.15) is 4.21 Å². The predicted octanol–water partition coefficient (Wildman–Crippen LogP) is 2.70. The van der Waals surface area contributed by atoms with E-state index >= 15 is 0 Å². The number of methoxy groups -OCH3 is 1. The van der Waals surface area contributed by atoms with Crippen molar-refractivity contribution in [2.45, 2.75) is 10.3 Å². The van der Waals surface area contributed by atoms with Crippen LogP contribution >= 0.6 is 50.5 Å². The van der Waals surface area contributed by atoms with E-state index in [9.17, 15) is 8.42 Å². The summed E-state index contributed by atoms with van der Waals surface area (Å²) in [7, 11) is -2.13. The lowest BCUT2D eigenvalue weighted by atomic mass is 10.4. The first-order chi connectivity index (χ1) is 7.90. The minimum Gasteiger partial charge on any atom is -0.383 e. The van der Waals surface area contributed by atoms with E-state index in [2.05, 4.69) is 20.7 Å². The van der Waals surface area contributed by atoms with Gasteiger partial charge in [0.15, 0.2) is 0 Å². The Morgan fingerprint density at radius 2 is 2.29 bits per heavy atom. The van der Waals surface area contributed by atoms with Crippen LogP contribution in [0.2, 0.25) is 5.02 Å². The van der Waals surface area contributed by atoms with Crippen LogP contribution in [-0.4, -0.2) is 34.1 Å². The number of nitrogens with one attached hydrogen (secondary N) is 1. The summed E-state index contributed by atoms with van der Waals surface area (Å²) in [6.45, 7) is 0.211. The molecule has 9 heteroatoms. The van der Waals surface area contributed by atoms with Gasteiger partial charge in [0.2, 0.25) is 0 Å². The van der Waals surface area contributed by atoms with Crippen molar-refractivity contribution < 1.29 is 13.2 Å². The molecule has 0 aliphatic heterocycles. The van der Waals surface area contributed by atoms with Crippen LogP contribution in [0.15, 0.2) is 14.1 Å². The van der Waals surface area contributed by atoms with Crippen LogP contribution in [0.3, 0.4) is 0 Å². The summed E-state index contributed by atoms with van der Waals surface area (Å²) in [6.07, 6.45) is 0. The molecule has 1 heterocycles. The third-order valence-electron chi connectivity index (χ3n) is 1.76. The quantitative estimate of drug-likeness (QED) is 0.769. The molecule has 0 aliphatic carbocycles. The highest BCUT2D eigenvalue weighted by Gasteiger charge is 2.22. The number of ether oxygens (including phenoxy) is 1. The van der Waals surface area contributed by atoms with Crippen LogP contribution < -0.4 is 4.72 Å². The molecular formula is C8H10BrCl2NO3S2. The van der Waals surface area contributed by atoms with Gasteiger partial charge in [-0.1, -0.05) is 11.6 Å². The molecule has 1 aromatic rings. The molecule has 0 spiro atoms. The number of hydrogen-bond acceptors (Lipinski definition) is 4. The number of rotatable bonds is 6. The van der Waals surface area contributed by atoms with Crippen molar-refractivity contribution >= 4 is 60.5 Å². The molecule has 1 atom stereocenters. The number of halogens is 3. The average Bonchev–Trinajstić information content (AvgIpc) is 2.59. The smallest absolute Gasteiger partial charge is 0.250 e. The first-order valence-corrected chi connectivity index (χ1v) is 8.43. The second kappa shape index (κ2) is 6.70. The van der Waals surface area contributed by atoms with Gasteiger partial charge in [-0.2, -0.15) is 0 Å². The van der Waals surface area contributed by atoms with E-state index in [4.69, 9.17) is 27.9 Å². The zero-order valence-corrected chi connectivity index (χ0v) is 13.5. The maximum atomic E-state index is 11.9. The number of sulfonamides is 1. The molecule has 1 rings (SSSR count). The minimum atomic E-state index is -3.61. The zero-order chi connectivity index (χ0) is 13.1. The van der Waals surface area contributed by atoms with Gasteiger partial charge in [-0.15, -0.1) is 22.9 Å². The van der Waals surface area contributed by atoms with Gasteiger partial charge in [0.25, 0.3) is 10.0 Å². The van der Waals surface area contributed by atoms with Crippen molar-refractivity contribution in [3.05, 3.63) is 14.9 Å². The van der Waals surface area contributed by atoms with E-state index in [1.807, 2.05) is 0 Å². The fourth-order valence-corrected chi connectivity index (χ4v) is 4.94. The lowest BCUT2D eigenvalue weighted by Gasteiger charge is -2.14. The number of hydrogen-bond donors (Lipinski definition) is 1. The van der Waals surface area contributed by atoms with Crippen molar-refractivity contribution in [2.24, 2.45) is 0 Å². The SMILES string of the molecule is COCC(CCl)NS(=O)(=O)c1cc(Cl)c(Br)s1. The van der Waals surface area contributed by atoms with Gasteiger partial charge in [-0.25, -0.2) is 13.1 Å². The van der Waals surface area contributed by atoms with E-state index in [0.717, 1.165) is 11.3 Å². The zero-order valence-electron chi connectivity index (χ0n) is 8.74. The van der Waals surface area contributed by atoms with E-state index in [1.54, 1.807) is 0 Å². The second-order valence-corrected chi connectivity index (χ2v) is 8.14. The van der Waals surface area contributed by atoms with Gasteiger partial charge >= 0.3 is 0 Å². The molecule has 1 N–H and O–H groups in total. The Kier molecular flexibility index (Phi) is 6.18. The normalized spacial score (nSPS) is 13.9. The van der Waals surface area contributed by atoms with E-state index in [0.29, 0.717) is 8.81 Å². The highest BCUT2D eigenvalue weighted by atomic mass is 79.9. The monoisotopic (exact) mass is 381 g/mol. The van der Waals surface area contributed by atoms with Gasteiger partial charge < -0.3 is 4.74 Å². The molecule has 4 nitrogen and oxygen atoms in total. The Hall–Kier alpha value is 0.630. The highest BCUT2D eigenvalue weighted by Crippen LogP contribution is 2.34. The Labute approximate surface area is 122 Å². The van der Waals surface area contributed by atoms with E-state index in [-0.39, 0.29) is 16.7 Å². The van der Waals surface area contributed by atoms with Crippen LogP contribution in [0.4, 0.5) is 0 Å². The first-order valence-electron chi connectivity index (χ1n) is 4.42. The van der Waals surface area contributed by atoms with Gasteiger partial charge in [0.05, 0.1) is 21.5 Å². The Morgan fingerprint density at radius 3 is 2.71 bits per heavy atom. The summed E-state index contributed by atoms with van der Waals surface area (Å²) in [5, 5.41) is 0.365. The van der Waals surface area contributed by atoms with E-state index < -0.39 is 16.1 Å². The van der Waals surface area contributed by atoms with Crippen molar-refractivity contribution in [1.82, 2.24) is 4.72 Å². The molecule has 0 radical (unpaired) electrons. The number of alkyl halides is 1. The third kappa shape index (κ3) is 4.34. The molecule has 0 amide bonds. The molecule has 1 aromatic heterocycles. The molecule has 0 saturated heterocycles. The van der Waals surface area contributed by atoms with Crippen LogP contribution in [0.1, 0.15) is 0 Å². The molecule has 0 bridgehead atoms. The summed E-state index contributed by atoms with van der Waals surface area (Å²) in [4.78, 5) is 0.